The molecule has 0 spiro atoms. The molecular weight excluding hydrogens is 343 g/mol. The highest BCUT2D eigenvalue weighted by Crippen LogP contribution is 2.18. The minimum Gasteiger partial charge on any atom is -0.322 e. The minimum absolute atomic E-state index is 0.112. The molecule has 3 aromatic carbocycles. The van der Waals surface area contributed by atoms with Gasteiger partial charge in [0.05, 0.1) is 5.69 Å². The number of halogens is 1. The van der Waals surface area contributed by atoms with Gasteiger partial charge in [-0.1, -0.05) is 37.3 Å². The van der Waals surface area contributed by atoms with Crippen molar-refractivity contribution >= 4 is 23.2 Å². The van der Waals surface area contributed by atoms with Crippen molar-refractivity contribution < 1.29 is 14.0 Å². The molecule has 0 saturated carbocycles. The second-order valence-electron chi connectivity index (χ2n) is 5.98. The Morgan fingerprint density at radius 1 is 0.741 bits per heavy atom. The number of nitrogens with one attached hydrogen (secondary N) is 2. The van der Waals surface area contributed by atoms with Crippen molar-refractivity contribution in [2.75, 3.05) is 10.6 Å². The number of hydrogen-bond donors (Lipinski definition) is 2. The predicted octanol–water partition coefficient (Wildman–Crippen LogP) is 4.89. The van der Waals surface area contributed by atoms with E-state index in [0.717, 1.165) is 17.7 Å². The Labute approximate surface area is 157 Å². The lowest BCUT2D eigenvalue weighted by molar-refractivity contribution is 0.101. The van der Waals surface area contributed by atoms with Gasteiger partial charge >= 0.3 is 0 Å². The monoisotopic (exact) mass is 362 g/mol. The van der Waals surface area contributed by atoms with Crippen molar-refractivity contribution in [1.29, 1.82) is 0 Å². The maximum Gasteiger partial charge on any atom is 0.255 e. The lowest BCUT2D eigenvalue weighted by Crippen LogP contribution is -2.15. The van der Waals surface area contributed by atoms with Crippen LogP contribution >= 0.6 is 0 Å². The fraction of sp³-hybridized carbons (Fsp3) is 0.0909. The van der Waals surface area contributed by atoms with Gasteiger partial charge in [-0.05, 0) is 54.4 Å². The largest absolute Gasteiger partial charge is 0.322 e. The zero-order valence-electron chi connectivity index (χ0n) is 14.8. The summed E-state index contributed by atoms with van der Waals surface area (Å²) in [6.07, 6.45) is 0.811. The van der Waals surface area contributed by atoms with E-state index in [4.69, 9.17) is 0 Å². The smallest absolute Gasteiger partial charge is 0.255 e. The van der Waals surface area contributed by atoms with Crippen LogP contribution in [-0.4, -0.2) is 11.8 Å². The van der Waals surface area contributed by atoms with Crippen molar-refractivity contribution in [2.24, 2.45) is 0 Å². The molecule has 3 aromatic rings. The number of hydrogen-bond acceptors (Lipinski definition) is 2. The van der Waals surface area contributed by atoms with Crippen molar-refractivity contribution in [2.45, 2.75) is 13.3 Å². The number of rotatable bonds is 5. The molecule has 0 radical (unpaired) electrons. The molecule has 0 heterocycles. The first kappa shape index (κ1) is 18.3. The third-order valence-electron chi connectivity index (χ3n) is 4.18. The summed E-state index contributed by atoms with van der Waals surface area (Å²) < 4.78 is 13.6. The van der Waals surface area contributed by atoms with Crippen LogP contribution in [0.2, 0.25) is 0 Å². The first-order valence-corrected chi connectivity index (χ1v) is 8.63. The van der Waals surface area contributed by atoms with Crippen LogP contribution in [0.1, 0.15) is 33.2 Å². The molecule has 4 nitrogen and oxygen atoms in total. The van der Waals surface area contributed by atoms with E-state index in [9.17, 15) is 14.0 Å². The van der Waals surface area contributed by atoms with E-state index in [1.807, 2.05) is 31.2 Å². The molecule has 0 bridgehead atoms. The number of para-hydroxylation sites is 2. The van der Waals surface area contributed by atoms with Gasteiger partial charge in [0.1, 0.15) is 5.82 Å². The molecule has 3 rings (SSSR count). The van der Waals surface area contributed by atoms with E-state index >= 15 is 0 Å². The SMILES string of the molecule is CCc1ccccc1NC(=O)c1ccc(C(=O)Nc2ccccc2F)cc1. The van der Waals surface area contributed by atoms with E-state index in [2.05, 4.69) is 10.6 Å². The van der Waals surface area contributed by atoms with Crippen LogP contribution in [0.15, 0.2) is 72.8 Å². The topological polar surface area (TPSA) is 58.2 Å². The lowest BCUT2D eigenvalue weighted by atomic mass is 10.1. The van der Waals surface area contributed by atoms with Gasteiger partial charge < -0.3 is 10.6 Å². The van der Waals surface area contributed by atoms with Crippen LogP contribution in [0.5, 0.6) is 0 Å². The van der Waals surface area contributed by atoms with E-state index in [-0.39, 0.29) is 11.6 Å². The fourth-order valence-electron chi connectivity index (χ4n) is 2.68. The highest BCUT2D eigenvalue weighted by molar-refractivity contribution is 6.07. The van der Waals surface area contributed by atoms with Gasteiger partial charge in [-0.15, -0.1) is 0 Å². The highest BCUT2D eigenvalue weighted by atomic mass is 19.1. The molecule has 0 aliphatic rings. The molecule has 0 aliphatic carbocycles. The first-order chi connectivity index (χ1) is 13.1. The molecule has 0 atom stereocenters. The summed E-state index contributed by atoms with van der Waals surface area (Å²) >= 11 is 0. The van der Waals surface area contributed by atoms with Crippen molar-refractivity contribution in [1.82, 2.24) is 0 Å². The van der Waals surface area contributed by atoms with E-state index in [1.165, 1.54) is 24.3 Å². The highest BCUT2D eigenvalue weighted by Gasteiger charge is 2.12. The van der Waals surface area contributed by atoms with Crippen LogP contribution in [0.4, 0.5) is 15.8 Å². The number of carbonyl (C=O) groups is 2. The fourth-order valence-corrected chi connectivity index (χ4v) is 2.68. The van der Waals surface area contributed by atoms with Gasteiger partial charge in [-0.3, -0.25) is 9.59 Å². The van der Waals surface area contributed by atoms with Crippen LogP contribution in [0.3, 0.4) is 0 Å². The third kappa shape index (κ3) is 4.39. The van der Waals surface area contributed by atoms with Crippen LogP contribution in [-0.2, 0) is 6.42 Å². The summed E-state index contributed by atoms with van der Waals surface area (Å²) in [4.78, 5) is 24.7. The summed E-state index contributed by atoms with van der Waals surface area (Å²) in [5.74, 6) is -1.20. The summed E-state index contributed by atoms with van der Waals surface area (Å²) in [6.45, 7) is 2.02. The zero-order chi connectivity index (χ0) is 19.2. The molecule has 27 heavy (non-hydrogen) atoms. The summed E-state index contributed by atoms with van der Waals surface area (Å²) in [6, 6.07) is 19.8. The molecule has 0 saturated heterocycles. The maximum absolute atomic E-state index is 13.6. The second kappa shape index (κ2) is 8.27. The first-order valence-electron chi connectivity index (χ1n) is 8.63. The van der Waals surface area contributed by atoms with Crippen LogP contribution in [0.25, 0.3) is 0 Å². The Kier molecular flexibility index (Phi) is 5.61. The van der Waals surface area contributed by atoms with E-state index in [0.29, 0.717) is 11.1 Å². The number of anilines is 2. The Morgan fingerprint density at radius 3 is 1.78 bits per heavy atom. The van der Waals surface area contributed by atoms with Crippen molar-refractivity contribution in [3.05, 3.63) is 95.3 Å². The van der Waals surface area contributed by atoms with Gasteiger partial charge in [-0.2, -0.15) is 0 Å². The Balaban J connectivity index is 1.70. The number of aryl methyl sites for hydroxylation is 1. The Bertz CT molecular complexity index is 968. The van der Waals surface area contributed by atoms with Gasteiger partial charge in [0.15, 0.2) is 0 Å². The van der Waals surface area contributed by atoms with Gasteiger partial charge in [0.25, 0.3) is 11.8 Å². The Hall–Kier alpha value is -3.47. The Morgan fingerprint density at radius 2 is 1.22 bits per heavy atom. The van der Waals surface area contributed by atoms with Gasteiger partial charge in [-0.25, -0.2) is 4.39 Å². The normalized spacial score (nSPS) is 10.3. The van der Waals surface area contributed by atoms with Crippen LogP contribution < -0.4 is 10.6 Å². The average Bonchev–Trinajstić information content (AvgIpc) is 2.70. The zero-order valence-corrected chi connectivity index (χ0v) is 14.8. The molecule has 0 unspecified atom stereocenters. The molecule has 2 amide bonds. The van der Waals surface area contributed by atoms with Gasteiger partial charge in [0.2, 0.25) is 0 Å². The number of amides is 2. The molecule has 0 aliphatic heterocycles. The minimum atomic E-state index is -0.503. The number of benzene rings is 3. The van der Waals surface area contributed by atoms with Gasteiger partial charge in [0, 0.05) is 16.8 Å². The molecular formula is C22H19FN2O2. The molecule has 2 N–H and O–H groups in total. The lowest BCUT2D eigenvalue weighted by Gasteiger charge is -2.10. The van der Waals surface area contributed by atoms with Crippen molar-refractivity contribution in [3.63, 3.8) is 0 Å². The summed E-state index contributed by atoms with van der Waals surface area (Å²) in [5.41, 5.74) is 2.70. The van der Waals surface area contributed by atoms with E-state index in [1.54, 1.807) is 24.3 Å². The molecule has 0 aromatic heterocycles. The molecule has 0 fully saturated rings. The molecule has 5 heteroatoms. The summed E-state index contributed by atoms with van der Waals surface area (Å²) in [5, 5.41) is 5.40. The quantitative estimate of drug-likeness (QED) is 0.679. The second-order valence-corrected chi connectivity index (χ2v) is 5.98. The van der Waals surface area contributed by atoms with Crippen molar-refractivity contribution in [3.8, 4) is 0 Å². The van der Waals surface area contributed by atoms with E-state index < -0.39 is 11.7 Å². The van der Waals surface area contributed by atoms with Crippen LogP contribution in [0, 0.1) is 5.82 Å². The average molecular weight is 362 g/mol. The predicted molar refractivity (Wildman–Crippen MR) is 105 cm³/mol. The number of carbonyl (C=O) groups excluding carboxylic acids is 2. The molecule has 136 valence electrons. The maximum atomic E-state index is 13.6. The third-order valence-corrected chi connectivity index (χ3v) is 4.18. The summed E-state index contributed by atoms with van der Waals surface area (Å²) in [7, 11) is 0. The standard InChI is InChI=1S/C22H19FN2O2/c1-2-15-7-3-5-9-19(15)24-21(26)16-11-13-17(14-12-16)22(27)25-20-10-6-4-8-18(20)23/h3-14H,2H2,1H3,(H,24,26)(H,25,27).